The van der Waals surface area contributed by atoms with Gasteiger partial charge in [0, 0.05) is 6.42 Å². The molecular weight excluding hydrogens is 863 g/mol. The Balaban J connectivity index is 2.18. The number of aliphatic hydroxyl groups excluding tert-OH is 5. The summed E-state index contributed by atoms with van der Waals surface area (Å²) in [5.41, 5.74) is 0. The molecule has 1 aliphatic rings. The van der Waals surface area contributed by atoms with Crippen molar-refractivity contribution in [1.82, 2.24) is 5.32 Å². The molecule has 0 spiro atoms. The molecule has 0 saturated carbocycles. The molecule has 400 valence electrons. The number of allylic oxidation sites excluding steroid dienone is 11. The molecule has 1 heterocycles. The van der Waals surface area contributed by atoms with E-state index in [0.29, 0.717) is 6.42 Å². The number of hydrogen-bond acceptors (Lipinski definition) is 8. The van der Waals surface area contributed by atoms with E-state index in [-0.39, 0.29) is 12.5 Å². The van der Waals surface area contributed by atoms with E-state index in [2.05, 4.69) is 79.9 Å². The zero-order valence-electron chi connectivity index (χ0n) is 44.3. The smallest absolute Gasteiger partial charge is 0.220 e. The van der Waals surface area contributed by atoms with Crippen molar-refractivity contribution in [3.63, 3.8) is 0 Å². The van der Waals surface area contributed by atoms with Crippen LogP contribution in [0, 0.1) is 0 Å². The lowest BCUT2D eigenvalue weighted by molar-refractivity contribution is -0.302. The monoisotopic (exact) mass is 970 g/mol. The minimum absolute atomic E-state index is 0.192. The van der Waals surface area contributed by atoms with Crippen molar-refractivity contribution in [2.75, 3.05) is 13.2 Å². The molecule has 9 nitrogen and oxygen atoms in total. The van der Waals surface area contributed by atoms with Gasteiger partial charge in [0.15, 0.2) is 6.29 Å². The summed E-state index contributed by atoms with van der Waals surface area (Å²) in [5.74, 6) is -0.192. The van der Waals surface area contributed by atoms with E-state index in [1.165, 1.54) is 161 Å². The largest absolute Gasteiger partial charge is 0.394 e. The topological polar surface area (TPSA) is 149 Å². The highest BCUT2D eigenvalue weighted by Gasteiger charge is 2.44. The molecule has 0 bridgehead atoms. The molecule has 1 aliphatic heterocycles. The van der Waals surface area contributed by atoms with Crippen molar-refractivity contribution in [3.8, 4) is 0 Å². The number of aliphatic hydroxyl groups is 5. The Hall–Kier alpha value is -2.37. The van der Waals surface area contributed by atoms with Gasteiger partial charge in [0.05, 0.1) is 25.4 Å². The first-order valence-electron chi connectivity index (χ1n) is 28.7. The van der Waals surface area contributed by atoms with Crippen LogP contribution >= 0.6 is 0 Å². The number of amides is 1. The second kappa shape index (κ2) is 49.2. The third-order valence-corrected chi connectivity index (χ3v) is 13.2. The number of nitrogens with one attached hydrogen (secondary N) is 1. The lowest BCUT2D eigenvalue weighted by atomic mass is 9.99. The maximum Gasteiger partial charge on any atom is 0.220 e. The molecule has 69 heavy (non-hydrogen) atoms. The van der Waals surface area contributed by atoms with Crippen LogP contribution in [0.1, 0.15) is 245 Å². The third kappa shape index (κ3) is 38.9. The maximum absolute atomic E-state index is 13.0. The fraction of sp³-hybridized carbons (Fsp3) is 0.783. The first-order chi connectivity index (χ1) is 33.8. The summed E-state index contributed by atoms with van der Waals surface area (Å²) in [6, 6.07) is -0.830. The van der Waals surface area contributed by atoms with Gasteiger partial charge >= 0.3 is 0 Å². The minimum Gasteiger partial charge on any atom is -0.394 e. The standard InChI is InChI=1S/C60H107NO8/c1-3-5-7-9-11-13-15-17-19-20-21-22-23-24-25-26-27-28-29-30-31-32-33-34-36-38-40-42-44-46-48-50-56(64)61-53(52-68-60-59(67)58(66)57(65)55(51-62)69-60)54(63)49-47-45-43-41-39-37-35-18-16-14-12-10-8-6-4-2/h15-18,20-21,23-24,39,41,47,49,53-55,57-60,62-63,65-67H,3-14,19,22,25-38,40,42-46,48,50-52H2,1-2H3,(H,61,64)/b17-15-,18-16+,21-20-,24-23-,41-39+,49-47+. The van der Waals surface area contributed by atoms with Crippen molar-refractivity contribution in [3.05, 3.63) is 72.9 Å². The summed E-state index contributed by atoms with van der Waals surface area (Å²) in [6.07, 6.45) is 61.1. The summed E-state index contributed by atoms with van der Waals surface area (Å²) in [5, 5.41) is 54.4. The molecule has 9 heteroatoms. The molecule has 0 radical (unpaired) electrons. The Morgan fingerprint density at radius 3 is 1.32 bits per heavy atom. The third-order valence-electron chi connectivity index (χ3n) is 13.2. The number of unbranched alkanes of at least 4 members (excludes halogenated alkanes) is 28. The van der Waals surface area contributed by atoms with Crippen molar-refractivity contribution in [2.45, 2.75) is 288 Å². The van der Waals surface area contributed by atoms with E-state index in [1.54, 1.807) is 6.08 Å². The Morgan fingerprint density at radius 2 is 0.870 bits per heavy atom. The van der Waals surface area contributed by atoms with Gasteiger partial charge in [-0.15, -0.1) is 0 Å². The van der Waals surface area contributed by atoms with E-state index in [4.69, 9.17) is 9.47 Å². The van der Waals surface area contributed by atoms with Crippen LogP contribution in [0.2, 0.25) is 0 Å². The van der Waals surface area contributed by atoms with Gasteiger partial charge in [-0.05, 0) is 83.5 Å². The highest BCUT2D eigenvalue weighted by molar-refractivity contribution is 5.76. The highest BCUT2D eigenvalue weighted by Crippen LogP contribution is 2.23. The molecule has 0 aliphatic carbocycles. The Labute approximate surface area is 423 Å². The van der Waals surface area contributed by atoms with Crippen molar-refractivity contribution in [2.24, 2.45) is 0 Å². The predicted molar refractivity (Wildman–Crippen MR) is 290 cm³/mol. The first-order valence-corrected chi connectivity index (χ1v) is 28.7. The minimum atomic E-state index is -1.58. The Kier molecular flexibility index (Phi) is 46.1. The summed E-state index contributed by atoms with van der Waals surface area (Å²) in [6.45, 7) is 3.73. The van der Waals surface area contributed by atoms with Gasteiger partial charge in [-0.2, -0.15) is 0 Å². The van der Waals surface area contributed by atoms with Crippen LogP contribution in [-0.2, 0) is 14.3 Å². The number of rotatable bonds is 48. The van der Waals surface area contributed by atoms with Gasteiger partial charge in [0.1, 0.15) is 24.4 Å². The molecule has 0 aromatic heterocycles. The van der Waals surface area contributed by atoms with Crippen LogP contribution in [0.25, 0.3) is 0 Å². The Bertz CT molecular complexity index is 1310. The van der Waals surface area contributed by atoms with Crippen LogP contribution in [0.5, 0.6) is 0 Å². The van der Waals surface area contributed by atoms with Gasteiger partial charge < -0.3 is 40.3 Å². The van der Waals surface area contributed by atoms with Crippen molar-refractivity contribution in [1.29, 1.82) is 0 Å². The van der Waals surface area contributed by atoms with E-state index in [0.717, 1.165) is 64.2 Å². The molecule has 0 aromatic carbocycles. The first kappa shape index (κ1) is 64.6. The zero-order chi connectivity index (χ0) is 50.1. The van der Waals surface area contributed by atoms with Crippen LogP contribution in [0.3, 0.4) is 0 Å². The van der Waals surface area contributed by atoms with E-state index in [9.17, 15) is 30.3 Å². The Morgan fingerprint density at radius 1 is 0.493 bits per heavy atom. The summed E-state index contributed by atoms with van der Waals surface area (Å²) in [7, 11) is 0. The number of hydrogen-bond donors (Lipinski definition) is 6. The van der Waals surface area contributed by atoms with E-state index in [1.807, 2.05) is 6.08 Å². The van der Waals surface area contributed by atoms with Crippen LogP contribution < -0.4 is 5.32 Å². The van der Waals surface area contributed by atoms with Gasteiger partial charge in [0.2, 0.25) is 5.91 Å². The van der Waals surface area contributed by atoms with E-state index < -0.39 is 49.5 Å². The van der Waals surface area contributed by atoms with Crippen molar-refractivity contribution >= 4 is 5.91 Å². The average Bonchev–Trinajstić information content (AvgIpc) is 3.35. The lowest BCUT2D eigenvalue weighted by Crippen LogP contribution is -2.60. The predicted octanol–water partition coefficient (Wildman–Crippen LogP) is 14.1. The number of carbonyl (C=O) groups is 1. The summed E-state index contributed by atoms with van der Waals surface area (Å²) < 4.78 is 11.2. The molecule has 1 saturated heterocycles. The molecule has 1 fully saturated rings. The SMILES string of the molecule is CCCCCCC/C=C\C/C=C\C/C=C\CCCCCCCCCCCCCCCCCCC(=O)NC(COC1OC(CO)C(O)C(O)C1O)C(O)/C=C/CC/C=C/CC/C=C/CCCCCCC. The molecule has 0 aromatic rings. The fourth-order valence-corrected chi connectivity index (χ4v) is 8.67. The van der Waals surface area contributed by atoms with Gasteiger partial charge in [-0.25, -0.2) is 0 Å². The normalized spacial score (nSPS) is 20.0. The van der Waals surface area contributed by atoms with Gasteiger partial charge in [-0.1, -0.05) is 228 Å². The molecule has 7 unspecified atom stereocenters. The molecular formula is C60H107NO8. The molecule has 1 amide bonds. The zero-order valence-corrected chi connectivity index (χ0v) is 44.3. The second-order valence-corrected chi connectivity index (χ2v) is 19.7. The van der Waals surface area contributed by atoms with Crippen molar-refractivity contribution < 1.29 is 39.8 Å². The maximum atomic E-state index is 13.0. The van der Waals surface area contributed by atoms with Crippen LogP contribution in [0.4, 0.5) is 0 Å². The fourth-order valence-electron chi connectivity index (χ4n) is 8.67. The molecule has 1 rings (SSSR count). The highest BCUT2D eigenvalue weighted by atomic mass is 16.7. The van der Waals surface area contributed by atoms with Gasteiger partial charge in [0.25, 0.3) is 0 Å². The average molecular weight is 971 g/mol. The molecule has 7 atom stereocenters. The second-order valence-electron chi connectivity index (χ2n) is 19.7. The van der Waals surface area contributed by atoms with E-state index >= 15 is 0 Å². The van der Waals surface area contributed by atoms with Crippen LogP contribution in [-0.4, -0.2) is 87.5 Å². The van der Waals surface area contributed by atoms with Crippen LogP contribution in [0.15, 0.2) is 72.9 Å². The van der Waals surface area contributed by atoms with Gasteiger partial charge in [-0.3, -0.25) is 4.79 Å². The number of ether oxygens (including phenoxy) is 2. The summed E-state index contributed by atoms with van der Waals surface area (Å²) in [4.78, 5) is 13.0. The quantitative estimate of drug-likeness (QED) is 0.0261. The lowest BCUT2D eigenvalue weighted by Gasteiger charge is -2.40. The summed E-state index contributed by atoms with van der Waals surface area (Å²) >= 11 is 0. The molecule has 6 N–H and O–H groups in total. The number of carbonyl (C=O) groups excluding carboxylic acids is 1.